The first-order valence-corrected chi connectivity index (χ1v) is 8.70. The lowest BCUT2D eigenvalue weighted by Gasteiger charge is -2.31. The number of amides is 2. The van der Waals surface area contributed by atoms with Crippen LogP contribution in [0.2, 0.25) is 0 Å². The van der Waals surface area contributed by atoms with Crippen LogP contribution in [0.3, 0.4) is 0 Å². The lowest BCUT2D eigenvalue weighted by Crippen LogP contribution is -2.62. The monoisotopic (exact) mass is 391 g/mol. The normalized spacial score (nSPS) is 21.8. The Kier molecular flexibility index (Phi) is 6.90. The predicted molar refractivity (Wildman–Crippen MR) is 90.3 cm³/mol. The number of hydrogen-bond acceptors (Lipinski definition) is 5. The summed E-state index contributed by atoms with van der Waals surface area (Å²) in [6.07, 6.45) is -0.453. The van der Waals surface area contributed by atoms with Gasteiger partial charge in [0.25, 0.3) is 0 Å². The van der Waals surface area contributed by atoms with Crippen molar-refractivity contribution in [2.45, 2.75) is 42.0 Å². The topological polar surface area (TPSA) is 79.5 Å². The minimum Gasteiger partial charge on any atom is -0.381 e. The fourth-order valence-corrected chi connectivity index (χ4v) is 3.10. The van der Waals surface area contributed by atoms with Crippen LogP contribution in [-0.2, 0) is 14.3 Å². The SMILES string of the molecule is COCC1NC(=O)CC(C(=O)N[C@H](C)c2ccc(SC(F)(F)F)cc2)N1. The zero-order chi connectivity index (χ0) is 19.3. The molecule has 0 saturated carbocycles. The Balaban J connectivity index is 1.94. The third-order valence-corrected chi connectivity index (χ3v) is 4.49. The Hall–Kier alpha value is -1.78. The summed E-state index contributed by atoms with van der Waals surface area (Å²) < 4.78 is 42.0. The van der Waals surface area contributed by atoms with Crippen molar-refractivity contribution in [2.24, 2.45) is 0 Å². The highest BCUT2D eigenvalue weighted by molar-refractivity contribution is 8.00. The van der Waals surface area contributed by atoms with E-state index in [4.69, 9.17) is 4.74 Å². The van der Waals surface area contributed by atoms with Crippen molar-refractivity contribution >= 4 is 23.6 Å². The fraction of sp³-hybridized carbons (Fsp3) is 0.500. The molecule has 0 spiro atoms. The summed E-state index contributed by atoms with van der Waals surface area (Å²) in [5.74, 6) is -0.616. The number of ether oxygens (including phenoxy) is 1. The van der Waals surface area contributed by atoms with E-state index >= 15 is 0 Å². The molecule has 144 valence electrons. The summed E-state index contributed by atoms with van der Waals surface area (Å²) in [5, 5.41) is 8.41. The molecule has 0 aromatic heterocycles. The van der Waals surface area contributed by atoms with Crippen molar-refractivity contribution in [1.82, 2.24) is 16.0 Å². The van der Waals surface area contributed by atoms with Crippen molar-refractivity contribution in [3.8, 4) is 0 Å². The minimum atomic E-state index is -4.34. The largest absolute Gasteiger partial charge is 0.446 e. The number of hydrogen-bond donors (Lipinski definition) is 3. The Morgan fingerprint density at radius 3 is 2.62 bits per heavy atom. The molecule has 2 amide bonds. The van der Waals surface area contributed by atoms with Gasteiger partial charge in [0, 0.05) is 12.0 Å². The number of nitrogens with one attached hydrogen (secondary N) is 3. The van der Waals surface area contributed by atoms with E-state index in [2.05, 4.69) is 16.0 Å². The summed E-state index contributed by atoms with van der Waals surface area (Å²) in [6, 6.07) is 4.67. The van der Waals surface area contributed by atoms with Crippen molar-refractivity contribution < 1.29 is 27.5 Å². The van der Waals surface area contributed by atoms with Gasteiger partial charge in [0.1, 0.15) is 6.17 Å². The average Bonchev–Trinajstić information content (AvgIpc) is 2.53. The van der Waals surface area contributed by atoms with Crippen LogP contribution < -0.4 is 16.0 Å². The molecule has 0 aliphatic carbocycles. The molecule has 1 heterocycles. The zero-order valence-electron chi connectivity index (χ0n) is 14.2. The van der Waals surface area contributed by atoms with Crippen molar-refractivity contribution in [3.63, 3.8) is 0 Å². The third kappa shape index (κ3) is 6.19. The molecule has 2 rings (SSSR count). The Morgan fingerprint density at radius 1 is 1.38 bits per heavy atom. The third-order valence-electron chi connectivity index (χ3n) is 3.75. The summed E-state index contributed by atoms with van der Waals surface area (Å²) >= 11 is -0.191. The maximum atomic E-state index is 12.4. The van der Waals surface area contributed by atoms with Crippen LogP contribution in [-0.4, -0.2) is 43.2 Å². The van der Waals surface area contributed by atoms with Crippen LogP contribution in [0, 0.1) is 0 Å². The highest BCUT2D eigenvalue weighted by Gasteiger charge is 2.31. The Morgan fingerprint density at radius 2 is 2.04 bits per heavy atom. The van der Waals surface area contributed by atoms with Crippen LogP contribution in [0.15, 0.2) is 29.2 Å². The van der Waals surface area contributed by atoms with E-state index in [1.54, 1.807) is 6.92 Å². The minimum absolute atomic E-state index is 0.0000713. The molecule has 1 aromatic carbocycles. The molecule has 0 bridgehead atoms. The molecule has 6 nitrogen and oxygen atoms in total. The van der Waals surface area contributed by atoms with Crippen molar-refractivity contribution in [1.29, 1.82) is 0 Å². The van der Waals surface area contributed by atoms with E-state index in [1.165, 1.54) is 31.4 Å². The second-order valence-corrected chi connectivity index (χ2v) is 6.98. The van der Waals surface area contributed by atoms with Gasteiger partial charge in [-0.1, -0.05) is 12.1 Å². The first-order valence-electron chi connectivity index (χ1n) is 7.88. The van der Waals surface area contributed by atoms with E-state index in [0.29, 0.717) is 5.56 Å². The maximum Gasteiger partial charge on any atom is 0.446 e. The lowest BCUT2D eigenvalue weighted by molar-refractivity contribution is -0.132. The quantitative estimate of drug-likeness (QED) is 0.646. The Bertz CT molecular complexity index is 640. The van der Waals surface area contributed by atoms with Gasteiger partial charge in [0.15, 0.2) is 0 Å². The summed E-state index contributed by atoms with van der Waals surface area (Å²) in [4.78, 5) is 24.2. The highest BCUT2D eigenvalue weighted by atomic mass is 32.2. The van der Waals surface area contributed by atoms with Crippen LogP contribution in [0.1, 0.15) is 24.9 Å². The van der Waals surface area contributed by atoms with Crippen molar-refractivity contribution in [3.05, 3.63) is 29.8 Å². The molecule has 2 unspecified atom stereocenters. The van der Waals surface area contributed by atoms with Gasteiger partial charge in [-0.25, -0.2) is 0 Å². The number of rotatable bonds is 6. The number of methoxy groups -OCH3 is 1. The van der Waals surface area contributed by atoms with E-state index in [0.717, 1.165) is 0 Å². The molecule has 3 N–H and O–H groups in total. The molecule has 10 heteroatoms. The number of carbonyl (C=O) groups excluding carboxylic acids is 2. The molecule has 0 radical (unpaired) electrons. The number of benzene rings is 1. The number of halogens is 3. The molecule has 1 aliphatic rings. The average molecular weight is 391 g/mol. The highest BCUT2D eigenvalue weighted by Crippen LogP contribution is 2.37. The molecule has 1 saturated heterocycles. The summed E-state index contributed by atoms with van der Waals surface area (Å²) in [6.45, 7) is 1.95. The van der Waals surface area contributed by atoms with E-state index in [1.807, 2.05) is 0 Å². The van der Waals surface area contributed by atoms with Gasteiger partial charge in [-0.3, -0.25) is 14.9 Å². The number of alkyl halides is 3. The fourth-order valence-electron chi connectivity index (χ4n) is 2.56. The molecule has 1 aliphatic heterocycles. The van der Waals surface area contributed by atoms with E-state index in [-0.39, 0.29) is 41.5 Å². The van der Waals surface area contributed by atoms with Crippen LogP contribution in [0.5, 0.6) is 0 Å². The summed E-state index contributed by atoms with van der Waals surface area (Å²) in [5.41, 5.74) is -3.67. The smallest absolute Gasteiger partial charge is 0.381 e. The van der Waals surface area contributed by atoms with Crippen LogP contribution in [0.25, 0.3) is 0 Å². The molecule has 1 aromatic rings. The zero-order valence-corrected chi connectivity index (χ0v) is 15.0. The van der Waals surface area contributed by atoms with Crippen molar-refractivity contribution in [2.75, 3.05) is 13.7 Å². The van der Waals surface area contributed by atoms with Gasteiger partial charge >= 0.3 is 5.51 Å². The first kappa shape index (κ1) is 20.5. The first-order chi connectivity index (χ1) is 12.2. The Labute approximate surface area is 153 Å². The summed E-state index contributed by atoms with van der Waals surface area (Å²) in [7, 11) is 1.49. The second kappa shape index (κ2) is 8.74. The molecular formula is C16H20F3N3O3S. The molecule has 26 heavy (non-hydrogen) atoms. The van der Waals surface area contributed by atoms with Gasteiger partial charge in [-0.15, -0.1) is 0 Å². The van der Waals surface area contributed by atoms with E-state index in [9.17, 15) is 22.8 Å². The van der Waals surface area contributed by atoms with Gasteiger partial charge in [-0.05, 0) is 36.4 Å². The standard InChI is InChI=1S/C16H20F3N3O3S/c1-9(10-3-5-11(6-4-10)26-16(17,18)19)20-15(24)12-7-14(23)22-13(21-12)8-25-2/h3-6,9,12-13,21H,7-8H2,1-2H3,(H,20,24)(H,22,23)/t9-,12?,13?/m1/s1. The number of carbonyl (C=O) groups is 2. The van der Waals surface area contributed by atoms with Gasteiger partial charge in [0.05, 0.1) is 25.1 Å². The molecule has 1 fully saturated rings. The van der Waals surface area contributed by atoms with E-state index < -0.39 is 23.8 Å². The molecule has 3 atom stereocenters. The van der Waals surface area contributed by atoms with Crippen LogP contribution >= 0.6 is 11.8 Å². The number of thioether (sulfide) groups is 1. The van der Waals surface area contributed by atoms with Gasteiger partial charge in [0.2, 0.25) is 11.8 Å². The predicted octanol–water partition coefficient (Wildman–Crippen LogP) is 1.93. The van der Waals surface area contributed by atoms with Gasteiger partial charge < -0.3 is 15.4 Å². The molecular weight excluding hydrogens is 371 g/mol. The lowest BCUT2D eigenvalue weighted by atomic mass is 10.1. The second-order valence-electron chi connectivity index (χ2n) is 5.85. The van der Waals surface area contributed by atoms with Gasteiger partial charge in [-0.2, -0.15) is 13.2 Å². The maximum absolute atomic E-state index is 12.4. The van der Waals surface area contributed by atoms with Crippen LogP contribution in [0.4, 0.5) is 13.2 Å².